The van der Waals surface area contributed by atoms with Gasteiger partial charge in [-0.05, 0) is 31.6 Å². The van der Waals surface area contributed by atoms with Crippen molar-refractivity contribution in [3.05, 3.63) is 0 Å². The van der Waals surface area contributed by atoms with E-state index in [1.165, 1.54) is 32.1 Å². The van der Waals surface area contributed by atoms with Crippen LogP contribution in [0.3, 0.4) is 0 Å². The standard InChI is InChI=1S/C12H26O/c1-5-9-12(3,4)10-7-6-8-11(2)13/h11,13H,5-10H2,1-4H3. The van der Waals surface area contributed by atoms with Gasteiger partial charge in [0.25, 0.3) is 0 Å². The summed E-state index contributed by atoms with van der Waals surface area (Å²) in [6, 6.07) is 0. The molecule has 0 aliphatic carbocycles. The Morgan fingerprint density at radius 1 is 1.15 bits per heavy atom. The van der Waals surface area contributed by atoms with E-state index in [1.54, 1.807) is 0 Å². The van der Waals surface area contributed by atoms with Crippen molar-refractivity contribution in [1.82, 2.24) is 0 Å². The van der Waals surface area contributed by atoms with Gasteiger partial charge in [0.1, 0.15) is 0 Å². The van der Waals surface area contributed by atoms with E-state index in [4.69, 9.17) is 5.11 Å². The summed E-state index contributed by atoms with van der Waals surface area (Å²) >= 11 is 0. The first kappa shape index (κ1) is 13.0. The maximum Gasteiger partial charge on any atom is 0.0512 e. The van der Waals surface area contributed by atoms with Crippen LogP contribution in [0, 0.1) is 5.41 Å². The van der Waals surface area contributed by atoms with Crippen molar-refractivity contribution in [3.8, 4) is 0 Å². The minimum atomic E-state index is -0.116. The lowest BCUT2D eigenvalue weighted by Gasteiger charge is -2.23. The smallest absolute Gasteiger partial charge is 0.0512 e. The molecule has 1 heteroatoms. The fourth-order valence-electron chi connectivity index (χ4n) is 1.85. The van der Waals surface area contributed by atoms with E-state index >= 15 is 0 Å². The van der Waals surface area contributed by atoms with E-state index in [0.717, 1.165) is 6.42 Å². The van der Waals surface area contributed by atoms with E-state index in [-0.39, 0.29) is 6.10 Å². The molecule has 1 unspecified atom stereocenters. The molecular weight excluding hydrogens is 160 g/mol. The summed E-state index contributed by atoms with van der Waals surface area (Å²) in [5, 5.41) is 9.09. The van der Waals surface area contributed by atoms with Gasteiger partial charge in [-0.15, -0.1) is 0 Å². The molecule has 0 aromatic carbocycles. The topological polar surface area (TPSA) is 20.2 Å². The van der Waals surface area contributed by atoms with Gasteiger partial charge in [-0.1, -0.05) is 40.0 Å². The molecule has 13 heavy (non-hydrogen) atoms. The molecule has 0 spiro atoms. The third-order valence-corrected chi connectivity index (χ3v) is 2.65. The maximum absolute atomic E-state index is 9.09. The van der Waals surface area contributed by atoms with Crippen LogP contribution in [0.1, 0.15) is 66.2 Å². The van der Waals surface area contributed by atoms with Gasteiger partial charge in [-0.2, -0.15) is 0 Å². The Morgan fingerprint density at radius 3 is 2.23 bits per heavy atom. The molecule has 1 nitrogen and oxygen atoms in total. The summed E-state index contributed by atoms with van der Waals surface area (Å²) in [6.45, 7) is 8.81. The van der Waals surface area contributed by atoms with Gasteiger partial charge in [-0.3, -0.25) is 0 Å². The number of rotatable bonds is 7. The van der Waals surface area contributed by atoms with E-state index in [2.05, 4.69) is 20.8 Å². The number of unbranched alkanes of at least 4 members (excludes halogenated alkanes) is 1. The lowest BCUT2D eigenvalue weighted by atomic mass is 9.83. The second kappa shape index (κ2) is 6.42. The molecule has 0 rings (SSSR count). The molecule has 0 heterocycles. The fourth-order valence-corrected chi connectivity index (χ4v) is 1.85. The monoisotopic (exact) mass is 186 g/mol. The van der Waals surface area contributed by atoms with Gasteiger partial charge in [-0.25, -0.2) is 0 Å². The second-order valence-electron chi connectivity index (χ2n) is 5.01. The highest BCUT2D eigenvalue weighted by atomic mass is 16.3. The maximum atomic E-state index is 9.09. The highest BCUT2D eigenvalue weighted by Crippen LogP contribution is 2.28. The van der Waals surface area contributed by atoms with Crippen LogP contribution in [-0.4, -0.2) is 11.2 Å². The second-order valence-corrected chi connectivity index (χ2v) is 5.01. The SMILES string of the molecule is CCCC(C)(C)CCCCC(C)O. The van der Waals surface area contributed by atoms with Crippen LogP contribution in [0.2, 0.25) is 0 Å². The summed E-state index contributed by atoms with van der Waals surface area (Å²) in [6.07, 6.45) is 7.18. The van der Waals surface area contributed by atoms with Crippen LogP contribution in [0.4, 0.5) is 0 Å². The van der Waals surface area contributed by atoms with E-state index in [9.17, 15) is 0 Å². The molecule has 0 radical (unpaired) electrons. The summed E-state index contributed by atoms with van der Waals surface area (Å²) in [4.78, 5) is 0. The number of aliphatic hydroxyl groups is 1. The molecule has 0 aromatic heterocycles. The zero-order chi connectivity index (χ0) is 10.3. The summed E-state index contributed by atoms with van der Waals surface area (Å²) in [7, 11) is 0. The predicted octanol–water partition coefficient (Wildman–Crippen LogP) is 3.75. The first-order valence-corrected chi connectivity index (χ1v) is 5.66. The van der Waals surface area contributed by atoms with Gasteiger partial charge in [0, 0.05) is 0 Å². The summed E-state index contributed by atoms with van der Waals surface area (Å²) in [5.74, 6) is 0. The Bertz CT molecular complexity index is 116. The van der Waals surface area contributed by atoms with Crippen molar-refractivity contribution in [2.75, 3.05) is 0 Å². The predicted molar refractivity (Wildman–Crippen MR) is 58.8 cm³/mol. The molecule has 1 N–H and O–H groups in total. The summed E-state index contributed by atoms with van der Waals surface area (Å²) in [5.41, 5.74) is 0.507. The zero-order valence-electron chi connectivity index (χ0n) is 9.77. The van der Waals surface area contributed by atoms with Gasteiger partial charge >= 0.3 is 0 Å². The molecule has 0 aromatic rings. The van der Waals surface area contributed by atoms with Crippen molar-refractivity contribution in [1.29, 1.82) is 0 Å². The third-order valence-electron chi connectivity index (χ3n) is 2.65. The van der Waals surface area contributed by atoms with Crippen LogP contribution < -0.4 is 0 Å². The molecular formula is C12H26O. The van der Waals surface area contributed by atoms with E-state index < -0.39 is 0 Å². The van der Waals surface area contributed by atoms with Gasteiger partial charge < -0.3 is 5.11 Å². The van der Waals surface area contributed by atoms with Crippen molar-refractivity contribution >= 4 is 0 Å². The highest BCUT2D eigenvalue weighted by molar-refractivity contribution is 4.67. The third kappa shape index (κ3) is 8.29. The zero-order valence-corrected chi connectivity index (χ0v) is 9.77. The van der Waals surface area contributed by atoms with Crippen LogP contribution in [0.15, 0.2) is 0 Å². The molecule has 0 aliphatic heterocycles. The van der Waals surface area contributed by atoms with Crippen LogP contribution in [0.5, 0.6) is 0 Å². The highest BCUT2D eigenvalue weighted by Gasteiger charge is 2.15. The lowest BCUT2D eigenvalue weighted by molar-refractivity contribution is 0.176. The molecule has 1 atom stereocenters. The average Bonchev–Trinajstić information content (AvgIpc) is 1.98. The van der Waals surface area contributed by atoms with Crippen molar-refractivity contribution < 1.29 is 5.11 Å². The lowest BCUT2D eigenvalue weighted by Crippen LogP contribution is -2.10. The minimum Gasteiger partial charge on any atom is -0.393 e. The van der Waals surface area contributed by atoms with E-state index in [1.807, 2.05) is 6.92 Å². The summed E-state index contributed by atoms with van der Waals surface area (Å²) < 4.78 is 0. The number of hydrogen-bond acceptors (Lipinski definition) is 1. The Hall–Kier alpha value is -0.0400. The van der Waals surface area contributed by atoms with Crippen LogP contribution in [0.25, 0.3) is 0 Å². The number of hydrogen-bond donors (Lipinski definition) is 1. The molecule has 0 saturated heterocycles. The van der Waals surface area contributed by atoms with Crippen LogP contribution in [-0.2, 0) is 0 Å². The van der Waals surface area contributed by atoms with Crippen LogP contribution >= 0.6 is 0 Å². The molecule has 0 bridgehead atoms. The van der Waals surface area contributed by atoms with Gasteiger partial charge in [0.15, 0.2) is 0 Å². The quantitative estimate of drug-likeness (QED) is 0.600. The Balaban J connectivity index is 3.40. The first-order chi connectivity index (χ1) is 5.98. The number of aliphatic hydroxyl groups excluding tert-OH is 1. The largest absolute Gasteiger partial charge is 0.393 e. The molecule has 80 valence electrons. The Labute approximate surface area is 83.5 Å². The molecule has 0 saturated carbocycles. The van der Waals surface area contributed by atoms with Crippen molar-refractivity contribution in [3.63, 3.8) is 0 Å². The van der Waals surface area contributed by atoms with Crippen molar-refractivity contribution in [2.45, 2.75) is 72.3 Å². The molecule has 0 amide bonds. The minimum absolute atomic E-state index is 0.116. The molecule has 0 fully saturated rings. The Kier molecular flexibility index (Phi) is 6.40. The average molecular weight is 186 g/mol. The van der Waals surface area contributed by atoms with Gasteiger partial charge in [0.05, 0.1) is 6.10 Å². The first-order valence-electron chi connectivity index (χ1n) is 5.66. The van der Waals surface area contributed by atoms with Gasteiger partial charge in [0.2, 0.25) is 0 Å². The molecule has 0 aliphatic rings. The van der Waals surface area contributed by atoms with Crippen molar-refractivity contribution in [2.24, 2.45) is 5.41 Å². The Morgan fingerprint density at radius 2 is 1.77 bits per heavy atom. The fraction of sp³-hybridized carbons (Fsp3) is 1.00. The normalized spacial score (nSPS) is 14.5. The van der Waals surface area contributed by atoms with E-state index in [0.29, 0.717) is 5.41 Å².